The fraction of sp³-hybridized carbons (Fsp3) is 0.300. The number of hydrogen-bond acceptors (Lipinski definition) is 5. The van der Waals surface area contributed by atoms with E-state index in [1.807, 2.05) is 12.1 Å². The number of benzene rings is 2. The van der Waals surface area contributed by atoms with Crippen LogP contribution >= 0.6 is 0 Å². The Balaban J connectivity index is 1.59. The molecule has 9 heteroatoms. The van der Waals surface area contributed by atoms with Crippen molar-refractivity contribution in [3.63, 3.8) is 0 Å². The summed E-state index contributed by atoms with van der Waals surface area (Å²) >= 11 is 0. The fourth-order valence-electron chi connectivity index (χ4n) is 3.24. The van der Waals surface area contributed by atoms with Gasteiger partial charge in [0.2, 0.25) is 10.0 Å². The zero-order valence-electron chi connectivity index (χ0n) is 16.2. The maximum Gasteiger partial charge on any atom is 0.255 e. The zero-order chi connectivity index (χ0) is 21.0. The van der Waals surface area contributed by atoms with Crippen LogP contribution in [0.3, 0.4) is 0 Å². The molecule has 1 fully saturated rings. The van der Waals surface area contributed by atoms with Gasteiger partial charge in [-0.1, -0.05) is 24.3 Å². The molecule has 3 N–H and O–H groups in total. The number of primary amides is 1. The van der Waals surface area contributed by atoms with Crippen molar-refractivity contribution in [2.45, 2.75) is 6.54 Å². The van der Waals surface area contributed by atoms with Crippen LogP contribution in [0.2, 0.25) is 0 Å². The molecular weight excluding hydrogens is 392 g/mol. The normalized spacial score (nSPS) is 15.8. The molecule has 0 bridgehead atoms. The lowest BCUT2D eigenvalue weighted by Gasteiger charge is -2.33. The minimum atomic E-state index is -3.14. The van der Waals surface area contributed by atoms with Crippen LogP contribution in [0, 0.1) is 0 Å². The van der Waals surface area contributed by atoms with E-state index >= 15 is 0 Å². The summed E-state index contributed by atoms with van der Waals surface area (Å²) in [5.74, 6) is -0.931. The lowest BCUT2D eigenvalue weighted by molar-refractivity contribution is 0.100. The third-order valence-corrected chi connectivity index (χ3v) is 6.17. The highest BCUT2D eigenvalue weighted by molar-refractivity contribution is 7.88. The minimum absolute atomic E-state index is 0.255. The highest BCUT2D eigenvalue weighted by Crippen LogP contribution is 2.17. The molecule has 0 aliphatic carbocycles. The summed E-state index contributed by atoms with van der Waals surface area (Å²) in [6.07, 6.45) is 1.23. The summed E-state index contributed by atoms with van der Waals surface area (Å²) in [5, 5.41) is 2.72. The summed E-state index contributed by atoms with van der Waals surface area (Å²) in [5.41, 5.74) is 7.47. The molecule has 29 heavy (non-hydrogen) atoms. The number of carbonyl (C=O) groups excluding carboxylic acids is 2. The molecule has 8 nitrogen and oxygen atoms in total. The monoisotopic (exact) mass is 416 g/mol. The number of hydrogen-bond donors (Lipinski definition) is 2. The van der Waals surface area contributed by atoms with Gasteiger partial charge in [0.1, 0.15) is 0 Å². The van der Waals surface area contributed by atoms with Gasteiger partial charge in [-0.2, -0.15) is 4.31 Å². The van der Waals surface area contributed by atoms with Crippen LogP contribution in [-0.4, -0.2) is 61.9 Å². The first-order chi connectivity index (χ1) is 13.7. The number of anilines is 1. The van der Waals surface area contributed by atoms with Gasteiger partial charge in [-0.3, -0.25) is 14.5 Å². The summed E-state index contributed by atoms with van der Waals surface area (Å²) in [6, 6.07) is 13.8. The Morgan fingerprint density at radius 2 is 1.62 bits per heavy atom. The topological polar surface area (TPSA) is 113 Å². The van der Waals surface area contributed by atoms with Crippen molar-refractivity contribution < 1.29 is 18.0 Å². The SMILES string of the molecule is CS(=O)(=O)N1CCN(Cc2ccc(C(=O)Nc3ccccc3C(N)=O)cc2)CC1. The van der Waals surface area contributed by atoms with E-state index in [2.05, 4.69) is 10.2 Å². The van der Waals surface area contributed by atoms with Crippen LogP contribution in [0.25, 0.3) is 0 Å². The van der Waals surface area contributed by atoms with Crippen molar-refractivity contribution in [3.8, 4) is 0 Å². The van der Waals surface area contributed by atoms with E-state index in [0.717, 1.165) is 5.56 Å². The molecule has 2 amide bonds. The Hall–Kier alpha value is -2.75. The van der Waals surface area contributed by atoms with Crippen LogP contribution in [0.15, 0.2) is 48.5 Å². The number of rotatable bonds is 6. The average molecular weight is 417 g/mol. The quantitative estimate of drug-likeness (QED) is 0.733. The number of nitrogens with one attached hydrogen (secondary N) is 1. The van der Waals surface area contributed by atoms with Gasteiger partial charge in [0.15, 0.2) is 0 Å². The second-order valence-electron chi connectivity index (χ2n) is 7.00. The van der Waals surface area contributed by atoms with Crippen LogP contribution in [0.1, 0.15) is 26.3 Å². The molecule has 2 aromatic carbocycles. The molecule has 3 rings (SSSR count). The van der Waals surface area contributed by atoms with Crippen molar-refractivity contribution in [2.75, 3.05) is 37.8 Å². The Morgan fingerprint density at radius 3 is 2.21 bits per heavy atom. The number of nitrogens with two attached hydrogens (primary N) is 1. The highest BCUT2D eigenvalue weighted by Gasteiger charge is 2.23. The van der Waals surface area contributed by atoms with Gasteiger partial charge in [0.25, 0.3) is 11.8 Å². The van der Waals surface area contributed by atoms with Gasteiger partial charge in [-0.15, -0.1) is 0 Å². The predicted molar refractivity (Wildman–Crippen MR) is 111 cm³/mol. The molecule has 0 unspecified atom stereocenters. The lowest BCUT2D eigenvalue weighted by atomic mass is 10.1. The Bertz CT molecular complexity index is 997. The summed E-state index contributed by atoms with van der Waals surface area (Å²) < 4.78 is 24.7. The maximum atomic E-state index is 12.5. The van der Waals surface area contributed by atoms with Gasteiger partial charge in [0, 0.05) is 38.3 Å². The van der Waals surface area contributed by atoms with E-state index in [0.29, 0.717) is 44.0 Å². The third-order valence-electron chi connectivity index (χ3n) is 4.86. The largest absolute Gasteiger partial charge is 0.366 e. The van der Waals surface area contributed by atoms with Crippen LogP contribution < -0.4 is 11.1 Å². The summed E-state index contributed by atoms with van der Waals surface area (Å²) in [7, 11) is -3.14. The number of sulfonamides is 1. The van der Waals surface area contributed by atoms with E-state index in [1.165, 1.54) is 10.6 Å². The number of carbonyl (C=O) groups is 2. The molecule has 1 aliphatic rings. The molecule has 1 aliphatic heterocycles. The van der Waals surface area contributed by atoms with E-state index in [4.69, 9.17) is 5.73 Å². The van der Waals surface area contributed by atoms with Gasteiger partial charge in [-0.25, -0.2) is 8.42 Å². The maximum absolute atomic E-state index is 12.5. The van der Waals surface area contributed by atoms with Crippen molar-refractivity contribution in [1.29, 1.82) is 0 Å². The highest BCUT2D eigenvalue weighted by atomic mass is 32.2. The van der Waals surface area contributed by atoms with E-state index < -0.39 is 15.9 Å². The lowest BCUT2D eigenvalue weighted by Crippen LogP contribution is -2.47. The first-order valence-electron chi connectivity index (χ1n) is 9.20. The number of para-hydroxylation sites is 1. The predicted octanol–water partition coefficient (Wildman–Crippen LogP) is 1.11. The molecule has 0 aromatic heterocycles. The zero-order valence-corrected chi connectivity index (χ0v) is 17.0. The van der Waals surface area contributed by atoms with Crippen LogP contribution in [-0.2, 0) is 16.6 Å². The van der Waals surface area contributed by atoms with Crippen LogP contribution in [0.4, 0.5) is 5.69 Å². The first-order valence-corrected chi connectivity index (χ1v) is 11.1. The Labute approximate surface area is 170 Å². The van der Waals surface area contributed by atoms with Gasteiger partial charge < -0.3 is 11.1 Å². The van der Waals surface area contributed by atoms with Crippen LogP contribution in [0.5, 0.6) is 0 Å². The minimum Gasteiger partial charge on any atom is -0.366 e. The Morgan fingerprint density at radius 1 is 1.00 bits per heavy atom. The molecular formula is C20H24N4O4S. The van der Waals surface area contributed by atoms with Crippen molar-refractivity contribution >= 4 is 27.5 Å². The number of piperazine rings is 1. The average Bonchev–Trinajstić information content (AvgIpc) is 2.68. The molecule has 0 spiro atoms. The fourth-order valence-corrected chi connectivity index (χ4v) is 4.07. The standard InChI is InChI=1S/C20H24N4O4S/c1-29(27,28)24-12-10-23(11-13-24)14-15-6-8-16(9-7-15)20(26)22-18-5-3-2-4-17(18)19(21)25/h2-9H,10-14H2,1H3,(H2,21,25)(H,22,26). The van der Waals surface area contributed by atoms with E-state index in [9.17, 15) is 18.0 Å². The molecule has 0 saturated carbocycles. The molecule has 2 aromatic rings. The number of nitrogens with zero attached hydrogens (tertiary/aromatic N) is 2. The summed E-state index contributed by atoms with van der Waals surface area (Å²) in [4.78, 5) is 26.1. The second-order valence-corrected chi connectivity index (χ2v) is 8.98. The van der Waals surface area contributed by atoms with E-state index in [-0.39, 0.29) is 11.5 Å². The van der Waals surface area contributed by atoms with Crippen molar-refractivity contribution in [3.05, 3.63) is 65.2 Å². The van der Waals surface area contributed by atoms with Crippen molar-refractivity contribution in [1.82, 2.24) is 9.21 Å². The molecule has 154 valence electrons. The van der Waals surface area contributed by atoms with Gasteiger partial charge in [0.05, 0.1) is 17.5 Å². The third kappa shape index (κ3) is 5.41. The smallest absolute Gasteiger partial charge is 0.255 e. The van der Waals surface area contributed by atoms with Crippen molar-refractivity contribution in [2.24, 2.45) is 5.73 Å². The van der Waals surface area contributed by atoms with Gasteiger partial charge >= 0.3 is 0 Å². The number of amides is 2. The first kappa shape index (κ1) is 21.0. The molecule has 1 saturated heterocycles. The molecule has 0 radical (unpaired) electrons. The second kappa shape index (κ2) is 8.73. The molecule has 1 heterocycles. The Kier molecular flexibility index (Phi) is 6.31. The van der Waals surface area contributed by atoms with E-state index in [1.54, 1.807) is 36.4 Å². The molecule has 0 atom stereocenters. The summed E-state index contributed by atoms with van der Waals surface area (Å²) in [6.45, 7) is 2.99. The van der Waals surface area contributed by atoms with Gasteiger partial charge in [-0.05, 0) is 29.8 Å².